The normalized spacial score (nSPS) is 11.3. The number of halogens is 1. The minimum atomic E-state index is 0.127. The predicted molar refractivity (Wildman–Crippen MR) is 138 cm³/mol. The third kappa shape index (κ3) is 6.61. The van der Waals surface area contributed by atoms with Crippen LogP contribution in [-0.4, -0.2) is 55.8 Å². The molecule has 0 N–H and O–H groups in total. The highest BCUT2D eigenvalue weighted by Crippen LogP contribution is 2.34. The van der Waals surface area contributed by atoms with Crippen LogP contribution in [-0.2, 0) is 4.79 Å². The highest BCUT2D eigenvalue weighted by atomic mass is 35.5. The minimum absolute atomic E-state index is 0.127. The van der Waals surface area contributed by atoms with E-state index in [-0.39, 0.29) is 5.91 Å². The first-order chi connectivity index (χ1) is 15.4. The molecule has 32 heavy (non-hydrogen) atoms. The van der Waals surface area contributed by atoms with Crippen LogP contribution in [0.4, 0.5) is 5.13 Å². The van der Waals surface area contributed by atoms with Crippen molar-refractivity contribution in [1.82, 2.24) is 9.88 Å². The molecule has 1 heterocycles. The Kier molecular flexibility index (Phi) is 9.22. The van der Waals surface area contributed by atoms with E-state index in [1.54, 1.807) is 30.2 Å². The van der Waals surface area contributed by atoms with Gasteiger partial charge in [0.1, 0.15) is 5.75 Å². The number of aromatic nitrogens is 1. The van der Waals surface area contributed by atoms with Gasteiger partial charge in [0.15, 0.2) is 5.13 Å². The molecule has 5 nitrogen and oxygen atoms in total. The first-order valence-corrected chi connectivity index (χ1v) is 12.8. The molecular formula is C24H30ClN3O2S2. The molecule has 0 unspecified atom stereocenters. The SMILES string of the molecule is COc1ccc(SCCCC(=O)N(CCCN(C)C)c2nc3c(C)c(Cl)ccc3s2)cc1. The topological polar surface area (TPSA) is 45.7 Å². The van der Waals surface area contributed by atoms with Gasteiger partial charge in [0.05, 0.1) is 17.3 Å². The highest BCUT2D eigenvalue weighted by Gasteiger charge is 2.20. The van der Waals surface area contributed by atoms with Crippen LogP contribution < -0.4 is 9.64 Å². The van der Waals surface area contributed by atoms with E-state index in [9.17, 15) is 4.79 Å². The first kappa shape index (κ1) is 24.8. The Morgan fingerprint density at radius 3 is 2.56 bits per heavy atom. The molecule has 0 aliphatic rings. The molecule has 0 bridgehead atoms. The van der Waals surface area contributed by atoms with Crippen molar-refractivity contribution in [3.8, 4) is 5.75 Å². The van der Waals surface area contributed by atoms with Crippen molar-refractivity contribution >= 4 is 56.0 Å². The molecule has 0 atom stereocenters. The van der Waals surface area contributed by atoms with Gasteiger partial charge >= 0.3 is 0 Å². The Morgan fingerprint density at radius 2 is 1.88 bits per heavy atom. The fourth-order valence-corrected chi connectivity index (χ4v) is 5.37. The average molecular weight is 492 g/mol. The molecule has 1 aromatic heterocycles. The molecule has 3 rings (SSSR count). The van der Waals surface area contributed by atoms with Gasteiger partial charge in [-0.15, -0.1) is 11.8 Å². The van der Waals surface area contributed by atoms with Crippen LogP contribution in [0, 0.1) is 6.92 Å². The summed E-state index contributed by atoms with van der Waals surface area (Å²) in [5, 5.41) is 1.47. The van der Waals surface area contributed by atoms with Crippen LogP contribution in [0.5, 0.6) is 5.75 Å². The summed E-state index contributed by atoms with van der Waals surface area (Å²) in [4.78, 5) is 23.1. The second-order valence-electron chi connectivity index (χ2n) is 7.85. The number of anilines is 1. The second-order valence-corrected chi connectivity index (χ2v) is 10.4. The Hall–Kier alpha value is -1.80. The van der Waals surface area contributed by atoms with Crippen molar-refractivity contribution in [3.63, 3.8) is 0 Å². The number of nitrogens with zero attached hydrogens (tertiary/aromatic N) is 3. The molecule has 0 radical (unpaired) electrons. The van der Waals surface area contributed by atoms with Crippen LogP contribution in [0.1, 0.15) is 24.8 Å². The number of thioether (sulfide) groups is 1. The molecule has 0 saturated carbocycles. The van der Waals surface area contributed by atoms with E-state index in [1.807, 2.05) is 62.3 Å². The van der Waals surface area contributed by atoms with Gasteiger partial charge in [-0.2, -0.15) is 0 Å². The van der Waals surface area contributed by atoms with Gasteiger partial charge in [-0.05, 0) is 88.1 Å². The molecule has 2 aromatic carbocycles. The molecule has 1 amide bonds. The van der Waals surface area contributed by atoms with Crippen molar-refractivity contribution in [2.24, 2.45) is 0 Å². The third-order valence-corrected chi connectivity index (χ3v) is 7.67. The summed E-state index contributed by atoms with van der Waals surface area (Å²) in [7, 11) is 5.76. The van der Waals surface area contributed by atoms with E-state index >= 15 is 0 Å². The van der Waals surface area contributed by atoms with Gasteiger partial charge in [0.2, 0.25) is 5.91 Å². The van der Waals surface area contributed by atoms with Crippen molar-refractivity contribution < 1.29 is 9.53 Å². The number of hydrogen-bond acceptors (Lipinski definition) is 6. The number of hydrogen-bond donors (Lipinski definition) is 0. The summed E-state index contributed by atoms with van der Waals surface area (Å²) >= 11 is 9.60. The summed E-state index contributed by atoms with van der Waals surface area (Å²) in [5.41, 5.74) is 1.85. The van der Waals surface area contributed by atoms with Gasteiger partial charge in [-0.1, -0.05) is 22.9 Å². The minimum Gasteiger partial charge on any atom is -0.497 e. The lowest BCUT2D eigenvalue weighted by molar-refractivity contribution is -0.118. The third-order valence-electron chi connectivity index (χ3n) is 5.12. The van der Waals surface area contributed by atoms with Crippen LogP contribution >= 0.6 is 34.7 Å². The zero-order valence-electron chi connectivity index (χ0n) is 19.1. The van der Waals surface area contributed by atoms with Gasteiger partial charge in [0, 0.05) is 22.9 Å². The van der Waals surface area contributed by atoms with E-state index in [1.165, 1.54) is 4.90 Å². The molecule has 3 aromatic rings. The molecule has 0 aliphatic carbocycles. The number of amides is 1. The molecule has 0 fully saturated rings. The molecule has 0 saturated heterocycles. The van der Waals surface area contributed by atoms with Gasteiger partial charge in [-0.25, -0.2) is 4.98 Å². The smallest absolute Gasteiger partial charge is 0.228 e. The molecule has 8 heteroatoms. The van der Waals surface area contributed by atoms with Gasteiger partial charge in [-0.3, -0.25) is 9.69 Å². The summed E-state index contributed by atoms with van der Waals surface area (Å²) in [5.74, 6) is 1.87. The summed E-state index contributed by atoms with van der Waals surface area (Å²) in [6, 6.07) is 11.9. The molecular weight excluding hydrogens is 462 g/mol. The number of fused-ring (bicyclic) bond motifs is 1. The van der Waals surface area contributed by atoms with E-state index in [2.05, 4.69) is 4.90 Å². The van der Waals surface area contributed by atoms with Crippen LogP contribution in [0.2, 0.25) is 5.02 Å². The maximum Gasteiger partial charge on any atom is 0.228 e. The van der Waals surface area contributed by atoms with Crippen molar-refractivity contribution in [2.75, 3.05) is 44.9 Å². The summed E-state index contributed by atoms with van der Waals surface area (Å²) < 4.78 is 6.26. The molecule has 0 aliphatic heterocycles. The van der Waals surface area contributed by atoms with Gasteiger partial charge in [0.25, 0.3) is 0 Å². The Bertz CT molecular complexity index is 1040. The summed E-state index contributed by atoms with van der Waals surface area (Å²) in [6.45, 7) is 3.56. The van der Waals surface area contributed by atoms with Crippen molar-refractivity contribution in [3.05, 3.63) is 47.0 Å². The zero-order valence-corrected chi connectivity index (χ0v) is 21.4. The number of aryl methyl sites for hydroxylation is 1. The van der Waals surface area contributed by atoms with Crippen molar-refractivity contribution in [2.45, 2.75) is 31.1 Å². The number of carbonyl (C=O) groups is 1. The number of ether oxygens (including phenoxy) is 1. The van der Waals surface area contributed by atoms with Crippen LogP contribution in [0.15, 0.2) is 41.3 Å². The first-order valence-electron chi connectivity index (χ1n) is 10.7. The number of rotatable bonds is 11. The summed E-state index contributed by atoms with van der Waals surface area (Å²) in [6.07, 6.45) is 2.21. The highest BCUT2D eigenvalue weighted by molar-refractivity contribution is 7.99. The molecule has 172 valence electrons. The maximum atomic E-state index is 13.2. The number of carbonyl (C=O) groups excluding carboxylic acids is 1. The van der Waals surface area contributed by atoms with E-state index in [0.29, 0.717) is 18.0 Å². The largest absolute Gasteiger partial charge is 0.497 e. The lowest BCUT2D eigenvalue weighted by atomic mass is 10.2. The fraction of sp³-hybridized carbons (Fsp3) is 0.417. The molecule has 0 spiro atoms. The van der Waals surface area contributed by atoms with E-state index < -0.39 is 0 Å². The fourth-order valence-electron chi connectivity index (χ4n) is 3.30. The Morgan fingerprint density at radius 1 is 1.12 bits per heavy atom. The Labute approximate surface area is 203 Å². The average Bonchev–Trinajstić information content (AvgIpc) is 3.21. The van der Waals surface area contributed by atoms with Gasteiger partial charge < -0.3 is 9.64 Å². The zero-order chi connectivity index (χ0) is 23.1. The van der Waals surface area contributed by atoms with Crippen LogP contribution in [0.3, 0.4) is 0 Å². The standard InChI is InChI=1S/C24H30ClN3O2S2/c1-17-20(25)12-13-21-23(17)26-24(32-21)28(15-6-14-27(2)3)22(29)7-5-16-31-19-10-8-18(30-4)9-11-19/h8-13H,5-7,14-16H2,1-4H3. The lowest BCUT2D eigenvalue weighted by Gasteiger charge is -2.21. The maximum absolute atomic E-state index is 13.2. The number of thiazole rings is 1. The van der Waals surface area contributed by atoms with Crippen LogP contribution in [0.25, 0.3) is 10.2 Å². The van der Waals surface area contributed by atoms with E-state index in [0.717, 1.165) is 51.8 Å². The van der Waals surface area contributed by atoms with E-state index in [4.69, 9.17) is 21.3 Å². The number of methoxy groups -OCH3 is 1. The lowest BCUT2D eigenvalue weighted by Crippen LogP contribution is -2.33. The quantitative estimate of drug-likeness (QED) is 0.238. The van der Waals surface area contributed by atoms with Crippen molar-refractivity contribution in [1.29, 1.82) is 0 Å². The monoisotopic (exact) mass is 491 g/mol. The Balaban J connectivity index is 1.64. The predicted octanol–water partition coefficient (Wildman–Crippen LogP) is 6.12. The second kappa shape index (κ2) is 11.9. The number of benzene rings is 2.